The smallest absolute Gasteiger partial charge is 0.237 e. The fraction of sp³-hybridized carbons (Fsp3) is 0.192. The minimum Gasteiger partial charge on any atom is -0.495 e. The number of hydrogen-bond acceptors (Lipinski definition) is 7. The number of fused-ring (bicyclic) bond motifs is 1. The molecule has 0 radical (unpaired) electrons. The molecule has 9 heteroatoms. The van der Waals surface area contributed by atoms with E-state index in [0.29, 0.717) is 40.5 Å². The number of para-hydroxylation sites is 5. The first-order valence-electron chi connectivity index (χ1n) is 11.1. The van der Waals surface area contributed by atoms with Crippen molar-refractivity contribution in [3.63, 3.8) is 0 Å². The molecule has 0 saturated heterocycles. The van der Waals surface area contributed by atoms with E-state index in [1.54, 1.807) is 19.2 Å². The van der Waals surface area contributed by atoms with E-state index >= 15 is 0 Å². The zero-order chi connectivity index (χ0) is 24.2. The molecular weight excluding hydrogens is 464 g/mol. The first kappa shape index (κ1) is 22.8. The average molecular weight is 489 g/mol. The van der Waals surface area contributed by atoms with Gasteiger partial charge in [-0.05, 0) is 43.3 Å². The summed E-state index contributed by atoms with van der Waals surface area (Å²) in [6, 6.07) is 24.6. The third-order valence-corrected chi connectivity index (χ3v) is 6.53. The van der Waals surface area contributed by atoms with Gasteiger partial charge in [0.1, 0.15) is 12.4 Å². The van der Waals surface area contributed by atoms with Crippen molar-refractivity contribution < 1.29 is 19.0 Å². The molecule has 1 aliphatic heterocycles. The third kappa shape index (κ3) is 4.81. The van der Waals surface area contributed by atoms with E-state index in [2.05, 4.69) is 15.5 Å². The summed E-state index contributed by atoms with van der Waals surface area (Å²) in [4.78, 5) is 13.0. The van der Waals surface area contributed by atoms with Crippen molar-refractivity contribution in [1.82, 2.24) is 14.8 Å². The number of nitrogens with one attached hydrogen (secondary N) is 1. The number of rotatable bonds is 7. The van der Waals surface area contributed by atoms with Crippen molar-refractivity contribution in [3.8, 4) is 22.9 Å². The lowest BCUT2D eigenvalue weighted by Crippen LogP contribution is -2.25. The molecule has 178 valence electrons. The zero-order valence-corrected chi connectivity index (χ0v) is 20.1. The number of anilines is 1. The lowest BCUT2D eigenvalue weighted by Gasteiger charge is -2.26. The Hall–Kier alpha value is -3.98. The molecule has 2 heterocycles. The van der Waals surface area contributed by atoms with Gasteiger partial charge in [0.25, 0.3) is 0 Å². The second-order valence-electron chi connectivity index (χ2n) is 7.83. The summed E-state index contributed by atoms with van der Waals surface area (Å²) in [6.45, 7) is 2.13. The number of methoxy groups -OCH3 is 1. The Morgan fingerprint density at radius 1 is 1.03 bits per heavy atom. The maximum atomic E-state index is 13.0. The molecule has 35 heavy (non-hydrogen) atoms. The van der Waals surface area contributed by atoms with Crippen LogP contribution in [0.4, 0.5) is 5.69 Å². The van der Waals surface area contributed by atoms with E-state index < -0.39 is 11.4 Å². The maximum absolute atomic E-state index is 13.0. The highest BCUT2D eigenvalue weighted by molar-refractivity contribution is 8.00. The van der Waals surface area contributed by atoms with E-state index in [1.165, 1.54) is 11.8 Å². The molecule has 2 atom stereocenters. The Bertz CT molecular complexity index is 1330. The molecule has 4 aromatic rings. The number of thioether (sulfide) groups is 1. The minimum atomic E-state index is -0.455. The van der Waals surface area contributed by atoms with Gasteiger partial charge in [0.05, 0.1) is 18.0 Å². The highest BCUT2D eigenvalue weighted by atomic mass is 32.2. The van der Waals surface area contributed by atoms with Gasteiger partial charge in [-0.2, -0.15) is 0 Å². The summed E-state index contributed by atoms with van der Waals surface area (Å²) in [6.07, 6.45) is -0.454. The summed E-state index contributed by atoms with van der Waals surface area (Å²) < 4.78 is 19.4. The highest BCUT2D eigenvalue weighted by Crippen LogP contribution is 2.37. The number of hydrogen-bond donors (Lipinski definition) is 1. The molecule has 3 aromatic carbocycles. The Morgan fingerprint density at radius 2 is 1.74 bits per heavy atom. The van der Waals surface area contributed by atoms with Crippen LogP contribution in [0.25, 0.3) is 5.69 Å². The molecule has 0 saturated carbocycles. The van der Waals surface area contributed by atoms with Crippen molar-refractivity contribution in [2.75, 3.05) is 19.0 Å². The van der Waals surface area contributed by atoms with Crippen LogP contribution in [0.3, 0.4) is 0 Å². The van der Waals surface area contributed by atoms with Crippen molar-refractivity contribution >= 4 is 23.4 Å². The summed E-state index contributed by atoms with van der Waals surface area (Å²) in [5.41, 5.74) is 1.49. The summed E-state index contributed by atoms with van der Waals surface area (Å²) >= 11 is 1.32. The molecule has 1 N–H and O–H groups in total. The van der Waals surface area contributed by atoms with Crippen LogP contribution in [0.15, 0.2) is 84.0 Å². The van der Waals surface area contributed by atoms with E-state index in [0.717, 1.165) is 5.69 Å². The normalized spacial score (nSPS) is 15.3. The molecule has 1 aromatic heterocycles. The predicted molar refractivity (Wildman–Crippen MR) is 134 cm³/mol. The molecule has 1 aliphatic rings. The molecular formula is C26H24N4O4S. The lowest BCUT2D eigenvalue weighted by atomic mass is 10.2. The Balaban J connectivity index is 1.41. The van der Waals surface area contributed by atoms with Gasteiger partial charge < -0.3 is 19.5 Å². The van der Waals surface area contributed by atoms with Gasteiger partial charge in [-0.25, -0.2) is 0 Å². The minimum absolute atomic E-state index is 0.171. The Kier molecular flexibility index (Phi) is 6.58. The van der Waals surface area contributed by atoms with Gasteiger partial charge >= 0.3 is 0 Å². The zero-order valence-electron chi connectivity index (χ0n) is 19.3. The number of nitrogens with zero attached hydrogens (tertiary/aromatic N) is 3. The topological polar surface area (TPSA) is 87.5 Å². The fourth-order valence-electron chi connectivity index (χ4n) is 3.73. The number of carbonyl (C=O) groups excluding carboxylic acids is 1. The van der Waals surface area contributed by atoms with Crippen LogP contribution in [0, 0.1) is 0 Å². The van der Waals surface area contributed by atoms with Crippen LogP contribution in [0.1, 0.15) is 18.9 Å². The number of carbonyl (C=O) groups is 1. The summed E-state index contributed by atoms with van der Waals surface area (Å²) in [5, 5.41) is 11.9. The SMILES string of the molecule is COc1ccccc1NC(=O)C(C)Sc1nnc(C2COc3ccccc3O2)n1-c1ccccc1. The summed E-state index contributed by atoms with van der Waals surface area (Å²) in [7, 11) is 1.57. The van der Waals surface area contributed by atoms with Crippen LogP contribution < -0.4 is 19.5 Å². The van der Waals surface area contributed by atoms with E-state index in [9.17, 15) is 4.79 Å². The highest BCUT2D eigenvalue weighted by Gasteiger charge is 2.30. The van der Waals surface area contributed by atoms with Crippen LogP contribution in [0.2, 0.25) is 0 Å². The van der Waals surface area contributed by atoms with Gasteiger partial charge in [0.15, 0.2) is 28.6 Å². The second-order valence-corrected chi connectivity index (χ2v) is 9.13. The first-order chi connectivity index (χ1) is 17.1. The number of ether oxygens (including phenoxy) is 3. The number of aromatic nitrogens is 3. The third-order valence-electron chi connectivity index (χ3n) is 5.49. The van der Waals surface area contributed by atoms with Crippen LogP contribution in [-0.2, 0) is 4.79 Å². The molecule has 8 nitrogen and oxygen atoms in total. The van der Waals surface area contributed by atoms with Crippen molar-refractivity contribution in [2.45, 2.75) is 23.4 Å². The van der Waals surface area contributed by atoms with Gasteiger partial charge in [-0.3, -0.25) is 9.36 Å². The number of benzene rings is 3. The van der Waals surface area contributed by atoms with Gasteiger partial charge in [-0.1, -0.05) is 54.2 Å². The average Bonchev–Trinajstić information content (AvgIpc) is 3.32. The van der Waals surface area contributed by atoms with Crippen LogP contribution in [0.5, 0.6) is 17.2 Å². The van der Waals surface area contributed by atoms with E-state index in [-0.39, 0.29) is 5.91 Å². The van der Waals surface area contributed by atoms with Gasteiger partial charge in [-0.15, -0.1) is 10.2 Å². The molecule has 0 aliphatic carbocycles. The largest absolute Gasteiger partial charge is 0.495 e. The second kappa shape index (κ2) is 10.1. The molecule has 1 amide bonds. The lowest BCUT2D eigenvalue weighted by molar-refractivity contribution is -0.115. The quantitative estimate of drug-likeness (QED) is 0.370. The molecule has 2 unspecified atom stereocenters. The van der Waals surface area contributed by atoms with Crippen molar-refractivity contribution in [3.05, 3.63) is 84.7 Å². The standard InChI is InChI=1S/C26H24N4O4S/c1-17(25(31)27-19-12-6-7-13-20(19)32-2)35-26-29-28-24(30(26)18-10-4-3-5-11-18)23-16-33-21-14-8-9-15-22(21)34-23/h3-15,17,23H,16H2,1-2H3,(H,27,31). The van der Waals surface area contributed by atoms with Gasteiger partial charge in [0.2, 0.25) is 5.91 Å². The first-order valence-corrected chi connectivity index (χ1v) is 12.0. The van der Waals surface area contributed by atoms with Crippen molar-refractivity contribution in [2.24, 2.45) is 0 Å². The van der Waals surface area contributed by atoms with Crippen LogP contribution in [-0.4, -0.2) is 39.6 Å². The Morgan fingerprint density at radius 3 is 2.54 bits per heavy atom. The van der Waals surface area contributed by atoms with E-state index in [1.807, 2.05) is 78.2 Å². The molecule has 0 spiro atoms. The molecule has 0 fully saturated rings. The number of amides is 1. The Labute approximate surface area is 207 Å². The molecule has 5 rings (SSSR count). The van der Waals surface area contributed by atoms with E-state index in [4.69, 9.17) is 14.2 Å². The fourth-order valence-corrected chi connectivity index (χ4v) is 4.60. The van der Waals surface area contributed by atoms with Gasteiger partial charge in [0, 0.05) is 5.69 Å². The predicted octanol–water partition coefficient (Wildman–Crippen LogP) is 4.91. The molecule has 0 bridgehead atoms. The van der Waals surface area contributed by atoms with Crippen molar-refractivity contribution in [1.29, 1.82) is 0 Å². The maximum Gasteiger partial charge on any atom is 0.237 e. The monoisotopic (exact) mass is 488 g/mol. The summed E-state index contributed by atoms with van der Waals surface area (Å²) in [5.74, 6) is 2.39. The van der Waals surface area contributed by atoms with Crippen LogP contribution >= 0.6 is 11.8 Å².